The van der Waals surface area contributed by atoms with Gasteiger partial charge < -0.3 is 24.1 Å². The van der Waals surface area contributed by atoms with E-state index in [4.69, 9.17) is 19.2 Å². The lowest BCUT2D eigenvalue weighted by Crippen LogP contribution is -2.24. The van der Waals surface area contributed by atoms with Crippen molar-refractivity contribution < 1.29 is 19.0 Å². The fraction of sp³-hybridized carbons (Fsp3) is 0.355. The lowest BCUT2D eigenvalue weighted by Gasteiger charge is -2.12. The van der Waals surface area contributed by atoms with Gasteiger partial charge in [0.25, 0.3) is 5.91 Å². The molecule has 4 rings (SSSR count). The molecule has 0 saturated carbocycles. The third-order valence-electron chi connectivity index (χ3n) is 6.55. The van der Waals surface area contributed by atoms with Gasteiger partial charge in [0.15, 0.2) is 11.5 Å². The van der Waals surface area contributed by atoms with E-state index in [1.54, 1.807) is 38.5 Å². The highest BCUT2D eigenvalue weighted by Crippen LogP contribution is 2.26. The molecule has 0 bridgehead atoms. The lowest BCUT2D eigenvalue weighted by atomic mass is 10.1. The highest BCUT2D eigenvalue weighted by Gasteiger charge is 2.11. The number of fused-ring (bicyclic) bond motifs is 1. The number of ether oxygens (including phenoxy) is 3. The molecule has 0 atom stereocenters. The zero-order valence-electron chi connectivity index (χ0n) is 22.3. The Morgan fingerprint density at radius 3 is 2.37 bits per heavy atom. The molecule has 0 spiro atoms. The third-order valence-corrected chi connectivity index (χ3v) is 6.55. The predicted octanol–water partition coefficient (Wildman–Crippen LogP) is 6.06. The molecule has 1 heterocycles. The quantitative estimate of drug-likeness (QED) is 0.195. The number of imidazole rings is 1. The van der Waals surface area contributed by atoms with Crippen LogP contribution in [0.4, 0.5) is 0 Å². The number of unbranched alkanes of at least 4 members (excludes halogenated alkanes) is 3. The van der Waals surface area contributed by atoms with E-state index >= 15 is 0 Å². The predicted molar refractivity (Wildman–Crippen MR) is 150 cm³/mol. The summed E-state index contributed by atoms with van der Waals surface area (Å²) < 4.78 is 18.8. The number of nitrogens with one attached hydrogen (secondary N) is 1. The molecule has 0 radical (unpaired) electrons. The number of aromatic nitrogens is 2. The maximum absolute atomic E-state index is 12.3. The number of carbonyl (C=O) groups is 1. The summed E-state index contributed by atoms with van der Waals surface area (Å²) in [6.45, 7) is 2.21. The summed E-state index contributed by atoms with van der Waals surface area (Å²) in [6, 6.07) is 23.2. The van der Waals surface area contributed by atoms with Gasteiger partial charge in [-0.05, 0) is 74.2 Å². The van der Waals surface area contributed by atoms with Gasteiger partial charge in [-0.25, -0.2) is 4.98 Å². The van der Waals surface area contributed by atoms with Gasteiger partial charge in [0.1, 0.15) is 11.6 Å². The van der Waals surface area contributed by atoms with Gasteiger partial charge in [-0.1, -0.05) is 30.7 Å². The first-order chi connectivity index (χ1) is 18.7. The smallest absolute Gasteiger partial charge is 0.251 e. The average molecular weight is 516 g/mol. The highest BCUT2D eigenvalue weighted by molar-refractivity contribution is 5.94. The summed E-state index contributed by atoms with van der Waals surface area (Å²) in [6.07, 6.45) is 5.84. The Morgan fingerprint density at radius 1 is 0.816 bits per heavy atom. The number of amides is 1. The van der Waals surface area contributed by atoms with E-state index in [1.165, 1.54) is 5.52 Å². The molecule has 0 aliphatic carbocycles. The van der Waals surface area contributed by atoms with Crippen molar-refractivity contribution in [2.45, 2.75) is 45.1 Å². The molecule has 7 nitrogen and oxygen atoms in total. The fourth-order valence-corrected chi connectivity index (χ4v) is 4.49. The molecule has 0 saturated heterocycles. The Hall–Kier alpha value is -4.00. The molecule has 4 aromatic rings. The van der Waals surface area contributed by atoms with Crippen LogP contribution in [0.1, 0.15) is 48.3 Å². The van der Waals surface area contributed by atoms with Crippen molar-refractivity contribution in [2.24, 2.45) is 0 Å². The average Bonchev–Trinajstić information content (AvgIpc) is 3.32. The topological polar surface area (TPSA) is 74.6 Å². The maximum atomic E-state index is 12.3. The molecule has 0 aliphatic heterocycles. The summed E-state index contributed by atoms with van der Waals surface area (Å²) in [5, 5.41) is 3.01. The Balaban J connectivity index is 1.21. The lowest BCUT2D eigenvalue weighted by molar-refractivity contribution is 0.0953. The Morgan fingerprint density at radius 2 is 1.58 bits per heavy atom. The molecule has 0 unspecified atom stereocenters. The number of benzene rings is 3. The minimum Gasteiger partial charge on any atom is -0.497 e. The van der Waals surface area contributed by atoms with Crippen LogP contribution >= 0.6 is 0 Å². The molecule has 0 aliphatic rings. The van der Waals surface area contributed by atoms with Crippen molar-refractivity contribution >= 4 is 16.9 Å². The first-order valence-electron chi connectivity index (χ1n) is 13.3. The Kier molecular flexibility index (Phi) is 10.0. The van der Waals surface area contributed by atoms with E-state index in [1.807, 2.05) is 30.3 Å². The van der Waals surface area contributed by atoms with Crippen LogP contribution in [0.25, 0.3) is 11.0 Å². The monoisotopic (exact) mass is 515 g/mol. The van der Waals surface area contributed by atoms with Crippen molar-refractivity contribution in [1.82, 2.24) is 14.9 Å². The van der Waals surface area contributed by atoms with Crippen molar-refractivity contribution in [3.8, 4) is 17.2 Å². The zero-order valence-corrected chi connectivity index (χ0v) is 22.3. The third kappa shape index (κ3) is 7.28. The van der Waals surface area contributed by atoms with Crippen LogP contribution in [0.3, 0.4) is 0 Å². The Bertz CT molecular complexity index is 1300. The first-order valence-corrected chi connectivity index (χ1v) is 13.3. The van der Waals surface area contributed by atoms with Crippen LogP contribution in [0.5, 0.6) is 17.2 Å². The first kappa shape index (κ1) is 27.0. The van der Waals surface area contributed by atoms with E-state index < -0.39 is 0 Å². The minimum atomic E-state index is -0.0517. The number of carbonyl (C=O) groups excluding carboxylic acids is 1. The van der Waals surface area contributed by atoms with Gasteiger partial charge in [-0.3, -0.25) is 4.79 Å². The molecule has 1 N–H and O–H groups in total. The summed E-state index contributed by atoms with van der Waals surface area (Å²) in [5.74, 6) is 3.36. The molecular weight excluding hydrogens is 478 g/mol. The second kappa shape index (κ2) is 14.1. The van der Waals surface area contributed by atoms with Crippen LogP contribution in [-0.4, -0.2) is 42.8 Å². The minimum absolute atomic E-state index is 0.0517. The van der Waals surface area contributed by atoms with E-state index in [2.05, 4.69) is 28.1 Å². The molecule has 0 fully saturated rings. The fourth-order valence-electron chi connectivity index (χ4n) is 4.49. The number of hydrogen-bond acceptors (Lipinski definition) is 5. The second-order valence-electron chi connectivity index (χ2n) is 9.17. The van der Waals surface area contributed by atoms with Crippen LogP contribution < -0.4 is 19.5 Å². The normalized spacial score (nSPS) is 10.9. The summed E-state index contributed by atoms with van der Waals surface area (Å²) >= 11 is 0. The standard InChI is InChI=1S/C31H37N3O4/c1-36-25-19-17-24(18-20-25)31(35)32-21-9-3-4-16-30-33-26-12-5-6-13-27(26)34(30)22-10-11-23-38-29-15-8-7-14-28(29)37-2/h5-8,12-15,17-20H,3-4,9-11,16,21-23H2,1-2H3,(H,32,35). The van der Waals surface area contributed by atoms with E-state index in [9.17, 15) is 4.79 Å². The number of para-hydroxylation sites is 4. The van der Waals surface area contributed by atoms with Gasteiger partial charge in [-0.15, -0.1) is 0 Å². The molecule has 200 valence electrons. The van der Waals surface area contributed by atoms with Crippen molar-refractivity contribution in [2.75, 3.05) is 27.4 Å². The summed E-state index contributed by atoms with van der Waals surface area (Å²) in [7, 11) is 3.27. The van der Waals surface area contributed by atoms with Gasteiger partial charge in [0, 0.05) is 25.1 Å². The largest absolute Gasteiger partial charge is 0.497 e. The summed E-state index contributed by atoms with van der Waals surface area (Å²) in [4.78, 5) is 17.2. The summed E-state index contributed by atoms with van der Waals surface area (Å²) in [5.41, 5.74) is 2.87. The molecule has 1 amide bonds. The number of nitrogens with zero attached hydrogens (tertiary/aromatic N) is 2. The van der Waals surface area contributed by atoms with Gasteiger partial charge in [0.2, 0.25) is 0 Å². The SMILES string of the molecule is COc1ccc(C(=O)NCCCCCc2nc3ccccc3n2CCCCOc2ccccc2OC)cc1. The highest BCUT2D eigenvalue weighted by atomic mass is 16.5. The number of methoxy groups -OCH3 is 2. The van der Waals surface area contributed by atoms with E-state index in [-0.39, 0.29) is 5.91 Å². The molecule has 1 aromatic heterocycles. The van der Waals surface area contributed by atoms with E-state index in [0.29, 0.717) is 18.7 Å². The number of rotatable bonds is 15. The van der Waals surface area contributed by atoms with Gasteiger partial charge >= 0.3 is 0 Å². The van der Waals surface area contributed by atoms with Gasteiger partial charge in [-0.2, -0.15) is 0 Å². The Labute approximate surface area is 224 Å². The van der Waals surface area contributed by atoms with Crippen molar-refractivity contribution in [3.63, 3.8) is 0 Å². The van der Waals surface area contributed by atoms with Crippen LogP contribution in [0, 0.1) is 0 Å². The van der Waals surface area contributed by atoms with Gasteiger partial charge in [0.05, 0.1) is 31.9 Å². The van der Waals surface area contributed by atoms with E-state index in [0.717, 1.165) is 73.7 Å². The van der Waals surface area contributed by atoms with Crippen LogP contribution in [-0.2, 0) is 13.0 Å². The number of hydrogen-bond donors (Lipinski definition) is 1. The van der Waals surface area contributed by atoms with Crippen molar-refractivity contribution in [1.29, 1.82) is 0 Å². The molecule has 7 heteroatoms. The number of aryl methyl sites for hydroxylation is 2. The second-order valence-corrected chi connectivity index (χ2v) is 9.17. The zero-order chi connectivity index (χ0) is 26.6. The maximum Gasteiger partial charge on any atom is 0.251 e. The van der Waals surface area contributed by atoms with Crippen LogP contribution in [0.2, 0.25) is 0 Å². The van der Waals surface area contributed by atoms with Crippen molar-refractivity contribution in [3.05, 3.63) is 84.2 Å². The molecular formula is C31H37N3O4. The molecule has 3 aromatic carbocycles. The van der Waals surface area contributed by atoms with Crippen LogP contribution in [0.15, 0.2) is 72.8 Å². The molecule has 38 heavy (non-hydrogen) atoms.